The lowest BCUT2D eigenvalue weighted by molar-refractivity contribution is -0.138. The first-order valence-electron chi connectivity index (χ1n) is 5.64. The summed E-state index contributed by atoms with van der Waals surface area (Å²) in [7, 11) is 0. The summed E-state index contributed by atoms with van der Waals surface area (Å²) in [5.41, 5.74) is -0.707. The molecule has 18 heavy (non-hydrogen) atoms. The maximum Gasteiger partial charge on any atom is 0.417 e. The summed E-state index contributed by atoms with van der Waals surface area (Å²) >= 11 is 1.35. The molecule has 1 aliphatic rings. The first-order valence-corrected chi connectivity index (χ1v) is 6.52. The predicted octanol–water partition coefficient (Wildman–Crippen LogP) is 4.01. The standard InChI is InChI=1S/C12H11F3N2S/c13-12(14,15)8-5-11(10(6-16)17-7-8)18-9-3-1-2-4-9/h5,7,9H,1-4H2. The Bertz CT molecular complexity index is 473. The Hall–Kier alpha value is -1.22. The third kappa shape index (κ3) is 2.96. The molecule has 0 radical (unpaired) electrons. The number of halogens is 3. The predicted molar refractivity (Wildman–Crippen MR) is 62.1 cm³/mol. The zero-order valence-corrected chi connectivity index (χ0v) is 10.3. The van der Waals surface area contributed by atoms with Crippen LogP contribution in [0.2, 0.25) is 0 Å². The molecule has 0 atom stereocenters. The Kier molecular flexibility index (Phi) is 3.81. The largest absolute Gasteiger partial charge is 0.417 e. The van der Waals surface area contributed by atoms with E-state index >= 15 is 0 Å². The van der Waals surface area contributed by atoms with Crippen molar-refractivity contribution in [2.24, 2.45) is 0 Å². The van der Waals surface area contributed by atoms with Gasteiger partial charge < -0.3 is 0 Å². The lowest BCUT2D eigenvalue weighted by Crippen LogP contribution is -2.07. The average Bonchev–Trinajstić information content (AvgIpc) is 2.80. The molecule has 6 heteroatoms. The number of rotatable bonds is 2. The van der Waals surface area contributed by atoms with Gasteiger partial charge in [0.25, 0.3) is 0 Å². The lowest BCUT2D eigenvalue weighted by atomic mass is 10.2. The Balaban J connectivity index is 2.28. The molecule has 1 fully saturated rings. The van der Waals surface area contributed by atoms with Crippen LogP contribution in [0, 0.1) is 11.3 Å². The van der Waals surface area contributed by atoms with Crippen molar-refractivity contribution in [1.29, 1.82) is 5.26 Å². The minimum Gasteiger partial charge on any atom is -0.244 e. The van der Waals surface area contributed by atoms with Gasteiger partial charge in [0, 0.05) is 16.3 Å². The number of hydrogen-bond acceptors (Lipinski definition) is 3. The van der Waals surface area contributed by atoms with Gasteiger partial charge in [-0.25, -0.2) is 4.98 Å². The normalized spacial score (nSPS) is 16.8. The lowest BCUT2D eigenvalue weighted by Gasteiger charge is -2.12. The zero-order valence-electron chi connectivity index (χ0n) is 9.50. The molecule has 0 unspecified atom stereocenters. The van der Waals surface area contributed by atoms with Crippen molar-refractivity contribution in [1.82, 2.24) is 4.98 Å². The Morgan fingerprint density at radius 3 is 2.56 bits per heavy atom. The molecule has 0 aromatic carbocycles. The highest BCUT2D eigenvalue weighted by Gasteiger charge is 2.32. The second kappa shape index (κ2) is 5.19. The van der Waals surface area contributed by atoms with E-state index in [1.807, 2.05) is 6.07 Å². The number of hydrogen-bond donors (Lipinski definition) is 0. The molecule has 0 N–H and O–H groups in total. The van der Waals surface area contributed by atoms with Gasteiger partial charge in [0.05, 0.1) is 5.56 Å². The van der Waals surface area contributed by atoms with E-state index in [9.17, 15) is 13.2 Å². The van der Waals surface area contributed by atoms with Gasteiger partial charge in [-0.15, -0.1) is 11.8 Å². The number of thioether (sulfide) groups is 1. The molecule has 0 aliphatic heterocycles. The van der Waals surface area contributed by atoms with Crippen LogP contribution in [0.5, 0.6) is 0 Å². The van der Waals surface area contributed by atoms with Gasteiger partial charge >= 0.3 is 6.18 Å². The van der Waals surface area contributed by atoms with Crippen molar-refractivity contribution in [2.45, 2.75) is 42.0 Å². The van der Waals surface area contributed by atoms with Crippen LogP contribution in [0.15, 0.2) is 17.2 Å². The van der Waals surface area contributed by atoms with Crippen molar-refractivity contribution in [2.75, 3.05) is 0 Å². The molecule has 96 valence electrons. The highest BCUT2D eigenvalue weighted by Crippen LogP contribution is 2.38. The van der Waals surface area contributed by atoms with Crippen molar-refractivity contribution in [3.63, 3.8) is 0 Å². The summed E-state index contributed by atoms with van der Waals surface area (Å²) in [5, 5.41) is 9.19. The molecule has 0 saturated heterocycles. The summed E-state index contributed by atoms with van der Waals surface area (Å²) in [4.78, 5) is 3.95. The van der Waals surface area contributed by atoms with E-state index in [4.69, 9.17) is 5.26 Å². The van der Waals surface area contributed by atoms with Crippen LogP contribution in [0.25, 0.3) is 0 Å². The molecular formula is C12H11F3N2S. The van der Waals surface area contributed by atoms with Crippen LogP contribution in [-0.4, -0.2) is 10.2 Å². The van der Waals surface area contributed by atoms with Gasteiger partial charge in [0.2, 0.25) is 0 Å². The molecule has 2 nitrogen and oxygen atoms in total. The second-order valence-electron chi connectivity index (χ2n) is 4.20. The van der Waals surface area contributed by atoms with Crippen molar-refractivity contribution < 1.29 is 13.2 Å². The molecule has 0 amide bonds. The maximum atomic E-state index is 12.6. The molecular weight excluding hydrogens is 261 g/mol. The average molecular weight is 272 g/mol. The smallest absolute Gasteiger partial charge is 0.244 e. The van der Waals surface area contributed by atoms with Gasteiger partial charge in [0.15, 0.2) is 5.69 Å². The fourth-order valence-corrected chi connectivity index (χ4v) is 3.29. The third-order valence-corrected chi connectivity index (χ3v) is 4.25. The summed E-state index contributed by atoms with van der Waals surface area (Å²) in [6, 6.07) is 2.89. The van der Waals surface area contributed by atoms with E-state index in [-0.39, 0.29) is 5.69 Å². The third-order valence-electron chi connectivity index (χ3n) is 2.88. The molecule has 1 aliphatic carbocycles. The summed E-state index contributed by atoms with van der Waals surface area (Å²) < 4.78 is 37.8. The maximum absolute atomic E-state index is 12.6. The number of alkyl halides is 3. The van der Waals surface area contributed by atoms with Crippen LogP contribution in [-0.2, 0) is 6.18 Å². The molecule has 0 bridgehead atoms. The van der Waals surface area contributed by atoms with E-state index in [1.54, 1.807) is 0 Å². The number of nitrogens with zero attached hydrogens (tertiary/aromatic N) is 2. The summed E-state index contributed by atoms with van der Waals surface area (Å²) in [5.74, 6) is 0. The fraction of sp³-hybridized carbons (Fsp3) is 0.500. The highest BCUT2D eigenvalue weighted by atomic mass is 32.2. The Morgan fingerprint density at radius 1 is 1.33 bits per heavy atom. The summed E-state index contributed by atoms with van der Waals surface area (Å²) in [6.07, 6.45) is 0.499. The van der Waals surface area contributed by atoms with E-state index in [0.717, 1.165) is 37.9 Å². The molecule has 1 heterocycles. The van der Waals surface area contributed by atoms with Gasteiger partial charge in [0.1, 0.15) is 6.07 Å². The number of pyridine rings is 1. The minimum absolute atomic E-state index is 0.0832. The fourth-order valence-electron chi connectivity index (χ4n) is 1.96. The first-order chi connectivity index (χ1) is 8.50. The number of aromatic nitrogens is 1. The topological polar surface area (TPSA) is 36.7 Å². The van der Waals surface area contributed by atoms with Crippen molar-refractivity contribution in [3.05, 3.63) is 23.5 Å². The highest BCUT2D eigenvalue weighted by molar-refractivity contribution is 8.00. The number of nitriles is 1. The Labute approximate surface area is 107 Å². The second-order valence-corrected chi connectivity index (χ2v) is 5.55. The Morgan fingerprint density at radius 2 is 2.00 bits per heavy atom. The molecule has 1 aromatic heterocycles. The van der Waals surface area contributed by atoms with Gasteiger partial charge in [-0.1, -0.05) is 12.8 Å². The summed E-state index contributed by atoms with van der Waals surface area (Å²) in [6.45, 7) is 0. The van der Waals surface area contributed by atoms with E-state index in [2.05, 4.69) is 4.98 Å². The van der Waals surface area contributed by atoms with Crippen LogP contribution < -0.4 is 0 Å². The van der Waals surface area contributed by atoms with Crippen LogP contribution in [0.3, 0.4) is 0 Å². The molecule has 0 spiro atoms. The molecule has 2 rings (SSSR count). The van der Waals surface area contributed by atoms with Crippen LogP contribution >= 0.6 is 11.8 Å². The van der Waals surface area contributed by atoms with Crippen LogP contribution in [0.1, 0.15) is 36.9 Å². The SMILES string of the molecule is N#Cc1ncc(C(F)(F)F)cc1SC1CCCC1. The zero-order chi connectivity index (χ0) is 13.2. The molecule has 1 aromatic rings. The van der Waals surface area contributed by atoms with E-state index in [1.165, 1.54) is 11.8 Å². The van der Waals surface area contributed by atoms with Gasteiger partial charge in [-0.3, -0.25) is 0 Å². The first kappa shape index (κ1) is 13.2. The van der Waals surface area contributed by atoms with Gasteiger partial charge in [-0.05, 0) is 18.9 Å². The van der Waals surface area contributed by atoms with Crippen molar-refractivity contribution in [3.8, 4) is 6.07 Å². The van der Waals surface area contributed by atoms with Gasteiger partial charge in [-0.2, -0.15) is 18.4 Å². The van der Waals surface area contributed by atoms with E-state index < -0.39 is 11.7 Å². The van der Waals surface area contributed by atoms with Crippen LogP contribution in [0.4, 0.5) is 13.2 Å². The van der Waals surface area contributed by atoms with E-state index in [0.29, 0.717) is 10.1 Å². The van der Waals surface area contributed by atoms with Crippen molar-refractivity contribution >= 4 is 11.8 Å². The minimum atomic E-state index is -4.41. The monoisotopic (exact) mass is 272 g/mol. The molecule has 1 saturated carbocycles. The quantitative estimate of drug-likeness (QED) is 0.816.